The summed E-state index contributed by atoms with van der Waals surface area (Å²) in [5.74, 6) is 0.212. The molecule has 1 fully saturated rings. The Labute approximate surface area is 155 Å². The molecule has 1 aliphatic heterocycles. The van der Waals surface area contributed by atoms with E-state index in [0.29, 0.717) is 18.7 Å². The first-order chi connectivity index (χ1) is 12.0. The van der Waals surface area contributed by atoms with Gasteiger partial charge in [-0.1, -0.05) is 53.5 Å². The third-order valence-corrected chi connectivity index (χ3v) is 4.93. The molecule has 1 aliphatic rings. The average Bonchev–Trinajstić information content (AvgIpc) is 2.58. The Balaban J connectivity index is 1.85. The van der Waals surface area contributed by atoms with Crippen molar-refractivity contribution in [2.75, 3.05) is 11.4 Å². The molecule has 1 unspecified atom stereocenters. The van der Waals surface area contributed by atoms with Crippen LogP contribution in [0.3, 0.4) is 0 Å². The van der Waals surface area contributed by atoms with Crippen LogP contribution in [0, 0.1) is 16.0 Å². The lowest BCUT2D eigenvalue weighted by atomic mass is 9.90. The van der Waals surface area contributed by atoms with Crippen LogP contribution < -0.4 is 4.90 Å². The molecular weight excluding hydrogens is 363 g/mol. The number of hydrogen-bond acceptors (Lipinski definition) is 3. The molecule has 0 saturated carbocycles. The zero-order chi connectivity index (χ0) is 18.0. The molecule has 2 aromatic carbocycles. The number of hydrogen-bond donors (Lipinski definition) is 0. The predicted octanol–water partition coefficient (Wildman–Crippen LogP) is 4.89. The van der Waals surface area contributed by atoms with E-state index in [0.717, 1.165) is 12.8 Å². The van der Waals surface area contributed by atoms with Crippen molar-refractivity contribution in [2.45, 2.75) is 19.3 Å². The smallest absolute Gasteiger partial charge is 0.272 e. The van der Waals surface area contributed by atoms with Crippen LogP contribution in [0.2, 0.25) is 10.0 Å². The molecule has 1 atom stereocenters. The van der Waals surface area contributed by atoms with E-state index in [4.69, 9.17) is 23.2 Å². The minimum atomic E-state index is -0.558. The highest BCUT2D eigenvalue weighted by molar-refractivity contribution is 6.40. The summed E-state index contributed by atoms with van der Waals surface area (Å²) in [5, 5.41) is 11.2. The molecule has 0 N–H and O–H groups in total. The third kappa shape index (κ3) is 3.94. The summed E-state index contributed by atoms with van der Waals surface area (Å²) in [6, 6.07) is 12.5. The Morgan fingerprint density at radius 2 is 1.80 bits per heavy atom. The Morgan fingerprint density at radius 1 is 1.16 bits per heavy atom. The van der Waals surface area contributed by atoms with Crippen LogP contribution in [0.5, 0.6) is 0 Å². The molecular formula is C18H16Cl2N2O3. The second-order valence-electron chi connectivity index (χ2n) is 6.11. The van der Waals surface area contributed by atoms with E-state index >= 15 is 0 Å². The summed E-state index contributed by atoms with van der Waals surface area (Å²) in [5.41, 5.74) is 1.38. The van der Waals surface area contributed by atoms with Crippen molar-refractivity contribution in [1.82, 2.24) is 0 Å². The Bertz CT molecular complexity index is 788. The number of anilines is 1. The molecule has 25 heavy (non-hydrogen) atoms. The minimum Gasteiger partial charge on any atom is -0.309 e. The highest BCUT2D eigenvalue weighted by atomic mass is 35.5. The summed E-state index contributed by atoms with van der Waals surface area (Å²) in [6.07, 6.45) is 2.06. The van der Waals surface area contributed by atoms with Crippen LogP contribution in [-0.2, 0) is 11.2 Å². The quantitative estimate of drug-likeness (QED) is 0.561. The van der Waals surface area contributed by atoms with Gasteiger partial charge in [0.2, 0.25) is 5.91 Å². The Morgan fingerprint density at radius 3 is 2.40 bits per heavy atom. The Kier molecular flexibility index (Phi) is 5.25. The molecule has 3 rings (SSSR count). The first kappa shape index (κ1) is 17.7. The highest BCUT2D eigenvalue weighted by Crippen LogP contribution is 2.39. The van der Waals surface area contributed by atoms with Gasteiger partial charge >= 0.3 is 0 Å². The van der Waals surface area contributed by atoms with Crippen molar-refractivity contribution in [3.63, 3.8) is 0 Å². The standard InChI is InChI=1S/C18H16Cl2N2O3/c19-15-9-14(22(24)25)10-16(20)18(15)21-11-13(6-7-17(21)23)8-12-4-2-1-3-5-12/h1-5,9-10,13H,6-8,11H2. The van der Waals surface area contributed by atoms with Crippen molar-refractivity contribution in [1.29, 1.82) is 0 Å². The first-order valence-corrected chi connectivity index (χ1v) is 8.69. The van der Waals surface area contributed by atoms with Gasteiger partial charge in [-0.25, -0.2) is 0 Å². The van der Waals surface area contributed by atoms with Gasteiger partial charge in [0.15, 0.2) is 0 Å². The summed E-state index contributed by atoms with van der Waals surface area (Å²) < 4.78 is 0. The molecule has 130 valence electrons. The third-order valence-electron chi connectivity index (χ3n) is 4.36. The topological polar surface area (TPSA) is 63.5 Å². The number of amides is 1. The van der Waals surface area contributed by atoms with E-state index in [-0.39, 0.29) is 27.6 Å². The minimum absolute atomic E-state index is 0.0676. The molecule has 0 aliphatic carbocycles. The van der Waals surface area contributed by atoms with Gasteiger partial charge in [0.1, 0.15) is 0 Å². The second kappa shape index (κ2) is 7.42. The molecule has 5 nitrogen and oxygen atoms in total. The van der Waals surface area contributed by atoms with Crippen LogP contribution in [0.25, 0.3) is 0 Å². The van der Waals surface area contributed by atoms with Gasteiger partial charge in [-0.15, -0.1) is 0 Å². The molecule has 1 heterocycles. The summed E-state index contributed by atoms with van der Waals surface area (Å²) >= 11 is 12.4. The maximum atomic E-state index is 12.4. The normalized spacial score (nSPS) is 17.6. The molecule has 0 bridgehead atoms. The van der Waals surface area contributed by atoms with Crippen LogP contribution in [0.15, 0.2) is 42.5 Å². The zero-order valence-electron chi connectivity index (χ0n) is 13.3. The van der Waals surface area contributed by atoms with Crippen molar-refractivity contribution in [2.24, 2.45) is 5.92 Å². The fourth-order valence-electron chi connectivity index (χ4n) is 3.16. The van der Waals surface area contributed by atoms with Crippen molar-refractivity contribution in [3.8, 4) is 0 Å². The van der Waals surface area contributed by atoms with E-state index in [1.807, 2.05) is 18.2 Å². The number of carbonyl (C=O) groups is 1. The van der Waals surface area contributed by atoms with E-state index in [2.05, 4.69) is 12.1 Å². The molecule has 0 radical (unpaired) electrons. The number of benzene rings is 2. The van der Waals surface area contributed by atoms with E-state index in [9.17, 15) is 14.9 Å². The summed E-state index contributed by atoms with van der Waals surface area (Å²) in [7, 11) is 0. The fraction of sp³-hybridized carbons (Fsp3) is 0.278. The number of non-ortho nitro benzene ring substituents is 1. The maximum Gasteiger partial charge on any atom is 0.272 e. The number of piperidine rings is 1. The molecule has 1 saturated heterocycles. The van der Waals surface area contributed by atoms with E-state index < -0.39 is 4.92 Å². The molecule has 0 aromatic heterocycles. The number of nitro groups is 1. The monoisotopic (exact) mass is 378 g/mol. The van der Waals surface area contributed by atoms with Crippen LogP contribution in [0.1, 0.15) is 18.4 Å². The van der Waals surface area contributed by atoms with Crippen LogP contribution in [-0.4, -0.2) is 17.4 Å². The molecule has 1 amide bonds. The largest absolute Gasteiger partial charge is 0.309 e. The summed E-state index contributed by atoms with van der Waals surface area (Å²) in [4.78, 5) is 24.3. The van der Waals surface area contributed by atoms with Crippen molar-refractivity contribution >= 4 is 40.5 Å². The number of nitro benzene ring substituents is 1. The van der Waals surface area contributed by atoms with Gasteiger partial charge in [0.05, 0.1) is 20.7 Å². The van der Waals surface area contributed by atoms with E-state index in [1.165, 1.54) is 17.7 Å². The maximum absolute atomic E-state index is 12.4. The first-order valence-electron chi connectivity index (χ1n) is 7.93. The fourth-order valence-corrected chi connectivity index (χ4v) is 3.84. The van der Waals surface area contributed by atoms with Crippen molar-refractivity contribution < 1.29 is 9.72 Å². The van der Waals surface area contributed by atoms with Gasteiger partial charge in [-0.2, -0.15) is 0 Å². The van der Waals surface area contributed by atoms with Gasteiger partial charge in [-0.3, -0.25) is 14.9 Å². The van der Waals surface area contributed by atoms with E-state index in [1.54, 1.807) is 4.90 Å². The molecule has 2 aromatic rings. The lowest BCUT2D eigenvalue weighted by Crippen LogP contribution is -2.41. The lowest BCUT2D eigenvalue weighted by molar-refractivity contribution is -0.384. The van der Waals surface area contributed by atoms with Gasteiger partial charge in [0.25, 0.3) is 5.69 Å². The molecule has 7 heteroatoms. The van der Waals surface area contributed by atoms with Gasteiger partial charge < -0.3 is 4.90 Å². The number of rotatable bonds is 4. The number of carbonyl (C=O) groups excluding carboxylic acids is 1. The number of halogens is 2. The lowest BCUT2D eigenvalue weighted by Gasteiger charge is -2.33. The van der Waals surface area contributed by atoms with Gasteiger partial charge in [-0.05, 0) is 24.3 Å². The predicted molar refractivity (Wildman–Crippen MR) is 98.3 cm³/mol. The zero-order valence-corrected chi connectivity index (χ0v) is 14.8. The average molecular weight is 379 g/mol. The Hall–Kier alpha value is -2.11. The van der Waals surface area contributed by atoms with Crippen LogP contribution >= 0.6 is 23.2 Å². The van der Waals surface area contributed by atoms with Crippen molar-refractivity contribution in [3.05, 3.63) is 68.2 Å². The SMILES string of the molecule is O=C1CCC(Cc2ccccc2)CN1c1c(Cl)cc([N+](=O)[O-])cc1Cl. The summed E-state index contributed by atoms with van der Waals surface area (Å²) in [6.45, 7) is 0.491. The second-order valence-corrected chi connectivity index (χ2v) is 6.93. The highest BCUT2D eigenvalue weighted by Gasteiger charge is 2.30. The molecule has 0 spiro atoms. The number of nitrogens with zero attached hydrogens (tertiary/aromatic N) is 2. The van der Waals surface area contributed by atoms with Crippen LogP contribution in [0.4, 0.5) is 11.4 Å². The van der Waals surface area contributed by atoms with Gasteiger partial charge in [0, 0.05) is 25.1 Å².